The Morgan fingerprint density at radius 2 is 2.18 bits per heavy atom. The lowest BCUT2D eigenvalue weighted by Crippen LogP contribution is -2.68. The maximum absolute atomic E-state index is 11.9. The molecule has 2 fully saturated rings. The maximum Gasteiger partial charge on any atom is 0.352 e. The Balaban J connectivity index is 1.78. The van der Waals surface area contributed by atoms with Crippen LogP contribution in [0.5, 0.6) is 0 Å². The number of carbonyl (C=O) groups excluding carboxylic acids is 1. The van der Waals surface area contributed by atoms with E-state index in [0.717, 1.165) is 11.0 Å². The molecular formula is C15H22N3O3S+. The van der Waals surface area contributed by atoms with Crippen LogP contribution in [0.2, 0.25) is 0 Å². The van der Waals surface area contributed by atoms with Crippen LogP contribution in [0.3, 0.4) is 0 Å². The summed E-state index contributed by atoms with van der Waals surface area (Å²) in [7, 11) is 2.23. The van der Waals surface area contributed by atoms with Crippen molar-refractivity contribution < 1.29 is 19.2 Å². The van der Waals surface area contributed by atoms with Gasteiger partial charge >= 0.3 is 5.97 Å². The fourth-order valence-electron chi connectivity index (χ4n) is 3.40. The molecule has 3 rings (SSSR count). The molecule has 1 amide bonds. The highest BCUT2D eigenvalue weighted by molar-refractivity contribution is 8.00. The number of hydrogen-bond donors (Lipinski definition) is 2. The van der Waals surface area contributed by atoms with Gasteiger partial charge in [0.25, 0.3) is 0 Å². The Morgan fingerprint density at radius 1 is 1.50 bits per heavy atom. The Labute approximate surface area is 134 Å². The third-order valence-corrected chi connectivity index (χ3v) is 6.08. The van der Waals surface area contributed by atoms with Crippen LogP contribution in [-0.4, -0.2) is 70.2 Å². The molecule has 3 aliphatic heterocycles. The summed E-state index contributed by atoms with van der Waals surface area (Å²) in [6.45, 7) is 3.24. The van der Waals surface area contributed by atoms with Gasteiger partial charge in [0, 0.05) is 18.6 Å². The van der Waals surface area contributed by atoms with E-state index in [9.17, 15) is 14.7 Å². The van der Waals surface area contributed by atoms with Crippen LogP contribution in [0.1, 0.15) is 12.8 Å². The van der Waals surface area contributed by atoms with Gasteiger partial charge in [-0.1, -0.05) is 6.08 Å². The molecule has 0 spiro atoms. The first-order valence-corrected chi connectivity index (χ1v) is 8.65. The summed E-state index contributed by atoms with van der Waals surface area (Å²) in [6.07, 6.45) is 6.44. The summed E-state index contributed by atoms with van der Waals surface area (Å²) in [5.41, 5.74) is 6.55. The third kappa shape index (κ3) is 2.57. The summed E-state index contributed by atoms with van der Waals surface area (Å²) < 4.78 is 1.01. The molecule has 2 atom stereocenters. The maximum atomic E-state index is 11.9. The lowest BCUT2D eigenvalue weighted by atomic mass is 10.0. The third-order valence-electron chi connectivity index (χ3n) is 4.75. The van der Waals surface area contributed by atoms with E-state index in [0.29, 0.717) is 11.3 Å². The number of hydrogen-bond acceptors (Lipinski definition) is 4. The largest absolute Gasteiger partial charge is 0.477 e. The molecule has 22 heavy (non-hydrogen) atoms. The number of aliphatic carboxylic acids is 1. The fraction of sp³-hybridized carbons (Fsp3) is 0.600. The number of β-lactam (4-membered cyclic amide) rings is 1. The topological polar surface area (TPSA) is 83.6 Å². The number of carboxylic acids is 1. The van der Waals surface area contributed by atoms with Gasteiger partial charge in [0.2, 0.25) is 5.91 Å². The molecule has 6 nitrogen and oxygen atoms in total. The minimum Gasteiger partial charge on any atom is -0.477 e. The molecule has 3 aliphatic rings. The van der Waals surface area contributed by atoms with Crippen molar-refractivity contribution in [2.75, 3.05) is 32.4 Å². The molecular weight excluding hydrogens is 302 g/mol. The molecule has 3 N–H and O–H groups in total. The van der Waals surface area contributed by atoms with Gasteiger partial charge in [0.1, 0.15) is 17.1 Å². The summed E-state index contributed by atoms with van der Waals surface area (Å²) in [6, 6.07) is -0.570. The van der Waals surface area contributed by atoms with E-state index in [1.54, 1.807) is 0 Å². The first-order chi connectivity index (χ1) is 10.4. The minimum atomic E-state index is -1.05. The van der Waals surface area contributed by atoms with E-state index >= 15 is 0 Å². The summed E-state index contributed by atoms with van der Waals surface area (Å²) >= 11 is 1.54. The zero-order valence-corrected chi connectivity index (χ0v) is 13.5. The van der Waals surface area contributed by atoms with Gasteiger partial charge < -0.3 is 15.3 Å². The van der Waals surface area contributed by atoms with Gasteiger partial charge in [-0.3, -0.25) is 9.69 Å². The molecule has 120 valence electrons. The van der Waals surface area contributed by atoms with Gasteiger partial charge in [0.05, 0.1) is 26.7 Å². The number of nitrogens with zero attached hydrogens (tertiary/aromatic N) is 2. The Morgan fingerprint density at radius 3 is 2.82 bits per heavy atom. The van der Waals surface area contributed by atoms with Crippen LogP contribution in [0, 0.1) is 0 Å². The number of rotatable bonds is 4. The van der Waals surface area contributed by atoms with E-state index in [1.807, 2.05) is 6.08 Å². The molecule has 2 saturated heterocycles. The molecule has 0 bridgehead atoms. The molecule has 0 unspecified atom stereocenters. The molecule has 0 radical (unpaired) electrons. The molecule has 0 aromatic carbocycles. The second-order valence-corrected chi connectivity index (χ2v) is 7.58. The normalized spacial score (nSPS) is 30.6. The van der Waals surface area contributed by atoms with Crippen molar-refractivity contribution >= 4 is 23.6 Å². The van der Waals surface area contributed by atoms with Crippen LogP contribution in [0.25, 0.3) is 0 Å². The van der Waals surface area contributed by atoms with E-state index in [-0.39, 0.29) is 17.0 Å². The molecule has 0 aromatic rings. The van der Waals surface area contributed by atoms with Crippen molar-refractivity contribution in [3.8, 4) is 0 Å². The molecule has 0 aromatic heterocycles. The van der Waals surface area contributed by atoms with E-state index in [2.05, 4.69) is 13.1 Å². The zero-order valence-electron chi connectivity index (χ0n) is 12.7. The standard InChI is InChI=1S/C15H21N3O3S/c1-18(6-2-3-7-18)8-4-5-10-9-22-14-11(16)13(19)17(14)12(10)15(20)21/h4-5,11,14H,2-3,6-9,16H2,1H3/p+1/t11-,14-/m1/s1. The van der Waals surface area contributed by atoms with Crippen molar-refractivity contribution in [3.05, 3.63) is 23.4 Å². The number of likely N-dealkylation sites (N-methyl/N-ethyl adjacent to an activating group) is 1. The lowest BCUT2D eigenvalue weighted by Gasteiger charge is -2.47. The summed E-state index contributed by atoms with van der Waals surface area (Å²) in [4.78, 5) is 24.7. The molecule has 7 heteroatoms. The highest BCUT2D eigenvalue weighted by Crippen LogP contribution is 2.39. The van der Waals surface area contributed by atoms with Gasteiger partial charge in [-0.2, -0.15) is 0 Å². The number of fused-ring (bicyclic) bond motifs is 1. The summed E-state index contributed by atoms with van der Waals surface area (Å²) in [5, 5.41) is 9.23. The van der Waals surface area contributed by atoms with Crippen LogP contribution in [0.15, 0.2) is 23.4 Å². The predicted octanol–water partition coefficient (Wildman–Crippen LogP) is 0.364. The van der Waals surface area contributed by atoms with Gasteiger partial charge in [-0.05, 0) is 11.6 Å². The number of quaternary nitrogens is 1. The number of carboxylic acid groups (broad SMARTS) is 1. The average Bonchev–Trinajstić information content (AvgIpc) is 2.92. The fourth-order valence-corrected chi connectivity index (χ4v) is 4.66. The lowest BCUT2D eigenvalue weighted by molar-refractivity contribution is -0.891. The smallest absolute Gasteiger partial charge is 0.352 e. The summed E-state index contributed by atoms with van der Waals surface area (Å²) in [5.74, 6) is -0.755. The van der Waals surface area contributed by atoms with E-state index in [4.69, 9.17) is 5.73 Å². The Bertz CT molecular complexity index is 566. The van der Waals surface area contributed by atoms with Crippen LogP contribution in [0.4, 0.5) is 0 Å². The number of allylic oxidation sites excluding steroid dienone is 1. The number of thioether (sulfide) groups is 1. The van der Waals surface area contributed by atoms with Gasteiger partial charge in [-0.25, -0.2) is 4.79 Å². The van der Waals surface area contributed by atoms with Crippen molar-refractivity contribution in [2.24, 2.45) is 5.73 Å². The van der Waals surface area contributed by atoms with Gasteiger partial charge in [0.15, 0.2) is 0 Å². The first kappa shape index (κ1) is 15.6. The highest BCUT2D eigenvalue weighted by atomic mass is 32.2. The second-order valence-electron chi connectivity index (χ2n) is 6.47. The number of nitrogens with two attached hydrogens (primary N) is 1. The highest BCUT2D eigenvalue weighted by Gasteiger charge is 2.51. The van der Waals surface area contributed by atoms with Crippen molar-refractivity contribution in [1.82, 2.24) is 4.90 Å². The number of carbonyl (C=O) groups is 2. The van der Waals surface area contributed by atoms with Crippen molar-refractivity contribution in [2.45, 2.75) is 24.3 Å². The van der Waals surface area contributed by atoms with E-state index in [1.165, 1.54) is 42.6 Å². The Kier molecular flexibility index (Phi) is 4.05. The molecule has 0 saturated carbocycles. The number of likely N-dealkylation sites (tertiary alicyclic amines) is 1. The average molecular weight is 324 g/mol. The van der Waals surface area contributed by atoms with E-state index < -0.39 is 12.0 Å². The Hall–Kier alpha value is -1.31. The van der Waals surface area contributed by atoms with Crippen molar-refractivity contribution in [3.63, 3.8) is 0 Å². The minimum absolute atomic E-state index is 0.107. The van der Waals surface area contributed by atoms with Gasteiger partial charge in [-0.15, -0.1) is 11.8 Å². The number of amides is 1. The first-order valence-electron chi connectivity index (χ1n) is 7.60. The van der Waals surface area contributed by atoms with Crippen molar-refractivity contribution in [1.29, 1.82) is 0 Å². The molecule has 0 aliphatic carbocycles. The SMILES string of the molecule is C[N+]1(CC=CC2=C(C(=O)O)N3C(=O)[C@@H](N)[C@H]3SC2)CCCC1. The monoisotopic (exact) mass is 324 g/mol. The predicted molar refractivity (Wildman–Crippen MR) is 84.9 cm³/mol. The van der Waals surface area contributed by atoms with Crippen LogP contribution >= 0.6 is 11.8 Å². The molecule has 3 heterocycles. The van der Waals surface area contributed by atoms with Crippen LogP contribution < -0.4 is 5.73 Å². The van der Waals surface area contributed by atoms with Crippen LogP contribution in [-0.2, 0) is 9.59 Å². The zero-order chi connectivity index (χ0) is 15.9. The quantitative estimate of drug-likeness (QED) is 0.576. The second kappa shape index (κ2) is 5.72.